The maximum Gasteiger partial charge on any atom is 0.0290 e. The van der Waals surface area contributed by atoms with E-state index in [-0.39, 0.29) is 0 Å². The maximum absolute atomic E-state index is 3.65. The highest BCUT2D eigenvalue weighted by Crippen LogP contribution is 1.87. The van der Waals surface area contributed by atoms with E-state index in [1.807, 2.05) is 32.9 Å². The number of allylic oxidation sites excluding steroid dienone is 2. The van der Waals surface area contributed by atoms with Crippen molar-refractivity contribution in [2.24, 2.45) is 0 Å². The van der Waals surface area contributed by atoms with E-state index in [1.165, 1.54) is 0 Å². The molecule has 0 spiro atoms. The predicted octanol–water partition coefficient (Wildman–Crippen LogP) is 3.10. The average Bonchev–Trinajstić information content (AvgIpc) is 2.10. The minimum absolute atomic E-state index is 1.03. The minimum Gasteiger partial charge on any atom is -0.385 e. The van der Waals surface area contributed by atoms with Gasteiger partial charge in [-0.25, -0.2) is 0 Å². The summed E-state index contributed by atoms with van der Waals surface area (Å²) in [6, 6.07) is 0. The van der Waals surface area contributed by atoms with Crippen LogP contribution < -0.4 is 5.32 Å². The molecule has 0 aromatic rings. The standard InChI is InChI=1S/C8H15N.C2H6/c1-4-7-9-8(5-2)6-3;1-2/h5-6,9H,2,4,7H2,1,3H3;1-2H3/b8-6+;. The van der Waals surface area contributed by atoms with Crippen molar-refractivity contribution in [3.05, 3.63) is 24.4 Å². The topological polar surface area (TPSA) is 12.0 Å². The molecule has 1 N–H and O–H groups in total. The SMILES string of the molecule is C=C/C(=C\C)NCCC.CC. The molecule has 1 heteroatoms. The second-order valence-corrected chi connectivity index (χ2v) is 1.87. The first-order chi connectivity index (χ1) is 5.35. The number of rotatable bonds is 4. The third-order valence-corrected chi connectivity index (χ3v) is 1.11. The van der Waals surface area contributed by atoms with Crippen molar-refractivity contribution in [1.82, 2.24) is 5.32 Å². The van der Waals surface area contributed by atoms with Crippen LogP contribution >= 0.6 is 0 Å². The summed E-state index contributed by atoms with van der Waals surface area (Å²) >= 11 is 0. The Bertz CT molecular complexity index is 103. The zero-order chi connectivity index (χ0) is 9.11. The molecular weight excluding hydrogens is 134 g/mol. The number of hydrogen-bond donors (Lipinski definition) is 1. The van der Waals surface area contributed by atoms with Crippen LogP contribution in [0.5, 0.6) is 0 Å². The van der Waals surface area contributed by atoms with E-state index in [9.17, 15) is 0 Å². The Balaban J connectivity index is 0. The molecule has 66 valence electrons. The zero-order valence-electron chi connectivity index (χ0n) is 8.28. The monoisotopic (exact) mass is 155 g/mol. The van der Waals surface area contributed by atoms with Gasteiger partial charge in [0.15, 0.2) is 0 Å². The van der Waals surface area contributed by atoms with Crippen molar-refractivity contribution in [2.75, 3.05) is 6.54 Å². The van der Waals surface area contributed by atoms with Crippen molar-refractivity contribution in [3.8, 4) is 0 Å². The van der Waals surface area contributed by atoms with E-state index in [2.05, 4.69) is 18.8 Å². The Kier molecular flexibility index (Phi) is 14.1. The van der Waals surface area contributed by atoms with Gasteiger partial charge in [0.1, 0.15) is 0 Å². The van der Waals surface area contributed by atoms with E-state index in [1.54, 1.807) is 0 Å². The van der Waals surface area contributed by atoms with Gasteiger partial charge in [-0.2, -0.15) is 0 Å². The molecule has 0 saturated heterocycles. The normalized spacial score (nSPS) is 9.64. The first-order valence-electron chi connectivity index (χ1n) is 4.37. The van der Waals surface area contributed by atoms with Gasteiger partial charge < -0.3 is 5.32 Å². The van der Waals surface area contributed by atoms with Gasteiger partial charge in [-0.1, -0.05) is 33.4 Å². The summed E-state index contributed by atoms with van der Waals surface area (Å²) < 4.78 is 0. The largest absolute Gasteiger partial charge is 0.385 e. The molecule has 1 nitrogen and oxygen atoms in total. The second kappa shape index (κ2) is 12.0. The van der Waals surface area contributed by atoms with Crippen LogP contribution in [-0.4, -0.2) is 6.54 Å². The molecule has 0 fully saturated rings. The van der Waals surface area contributed by atoms with Crippen LogP contribution in [0.25, 0.3) is 0 Å². The van der Waals surface area contributed by atoms with Crippen LogP contribution in [-0.2, 0) is 0 Å². The minimum atomic E-state index is 1.03. The Morgan fingerprint density at radius 1 is 1.45 bits per heavy atom. The molecule has 0 amide bonds. The molecule has 0 aromatic heterocycles. The predicted molar refractivity (Wildman–Crippen MR) is 53.6 cm³/mol. The highest BCUT2D eigenvalue weighted by Gasteiger charge is 1.82. The fourth-order valence-corrected chi connectivity index (χ4v) is 0.561. The van der Waals surface area contributed by atoms with Gasteiger partial charge in [0.05, 0.1) is 0 Å². The fourth-order valence-electron chi connectivity index (χ4n) is 0.561. The van der Waals surface area contributed by atoms with E-state index < -0.39 is 0 Å². The summed E-state index contributed by atoms with van der Waals surface area (Å²) in [6.45, 7) is 12.8. The van der Waals surface area contributed by atoms with Gasteiger partial charge in [0, 0.05) is 12.2 Å². The third-order valence-electron chi connectivity index (χ3n) is 1.11. The van der Waals surface area contributed by atoms with E-state index in [0.29, 0.717) is 0 Å². The Labute approximate surface area is 71.2 Å². The van der Waals surface area contributed by atoms with Crippen LogP contribution in [0.15, 0.2) is 24.4 Å². The van der Waals surface area contributed by atoms with E-state index >= 15 is 0 Å². The van der Waals surface area contributed by atoms with Crippen LogP contribution in [0.2, 0.25) is 0 Å². The second-order valence-electron chi connectivity index (χ2n) is 1.87. The van der Waals surface area contributed by atoms with E-state index in [0.717, 1.165) is 18.7 Å². The molecule has 0 aliphatic carbocycles. The van der Waals surface area contributed by atoms with Gasteiger partial charge >= 0.3 is 0 Å². The van der Waals surface area contributed by atoms with E-state index in [4.69, 9.17) is 0 Å². The lowest BCUT2D eigenvalue weighted by molar-refractivity contribution is 0.783. The molecule has 0 atom stereocenters. The summed E-state index contributed by atoms with van der Waals surface area (Å²) in [4.78, 5) is 0. The van der Waals surface area contributed by atoms with Crippen LogP contribution in [0, 0.1) is 0 Å². The molecule has 0 aromatic carbocycles. The first-order valence-corrected chi connectivity index (χ1v) is 4.37. The average molecular weight is 155 g/mol. The molecule has 0 radical (unpaired) electrons. The third kappa shape index (κ3) is 9.28. The van der Waals surface area contributed by atoms with Crippen molar-refractivity contribution in [3.63, 3.8) is 0 Å². The quantitative estimate of drug-likeness (QED) is 0.615. The molecular formula is C10H21N. The molecule has 0 aliphatic heterocycles. The Morgan fingerprint density at radius 2 is 2.00 bits per heavy atom. The van der Waals surface area contributed by atoms with Crippen LogP contribution in [0.1, 0.15) is 34.1 Å². The van der Waals surface area contributed by atoms with Crippen LogP contribution in [0.3, 0.4) is 0 Å². The lowest BCUT2D eigenvalue weighted by atomic mass is 10.4. The first kappa shape index (κ1) is 12.9. The lowest BCUT2D eigenvalue weighted by Gasteiger charge is -2.02. The highest BCUT2D eigenvalue weighted by atomic mass is 14.9. The Hall–Kier alpha value is -0.720. The van der Waals surface area contributed by atoms with Gasteiger partial charge in [0.2, 0.25) is 0 Å². The summed E-state index contributed by atoms with van der Waals surface area (Å²) in [5.41, 5.74) is 1.12. The number of hydrogen-bond acceptors (Lipinski definition) is 1. The van der Waals surface area contributed by atoms with Crippen molar-refractivity contribution < 1.29 is 0 Å². The molecule has 0 rings (SSSR count). The highest BCUT2D eigenvalue weighted by molar-refractivity contribution is 5.12. The maximum atomic E-state index is 3.65. The molecule has 0 aliphatic rings. The zero-order valence-corrected chi connectivity index (χ0v) is 8.28. The lowest BCUT2D eigenvalue weighted by Crippen LogP contribution is -2.11. The summed E-state index contributed by atoms with van der Waals surface area (Å²) in [5, 5.41) is 3.21. The Morgan fingerprint density at radius 3 is 2.27 bits per heavy atom. The summed E-state index contributed by atoms with van der Waals surface area (Å²) in [6.07, 6.45) is 5.00. The van der Waals surface area contributed by atoms with Gasteiger partial charge in [-0.05, 0) is 19.4 Å². The summed E-state index contributed by atoms with van der Waals surface area (Å²) in [7, 11) is 0. The van der Waals surface area contributed by atoms with Crippen molar-refractivity contribution >= 4 is 0 Å². The number of nitrogens with one attached hydrogen (secondary N) is 1. The van der Waals surface area contributed by atoms with Gasteiger partial charge in [0.25, 0.3) is 0 Å². The molecule has 0 unspecified atom stereocenters. The van der Waals surface area contributed by atoms with Crippen molar-refractivity contribution in [2.45, 2.75) is 34.1 Å². The molecule has 0 heterocycles. The molecule has 11 heavy (non-hydrogen) atoms. The van der Waals surface area contributed by atoms with Gasteiger partial charge in [-0.3, -0.25) is 0 Å². The molecule has 0 bridgehead atoms. The van der Waals surface area contributed by atoms with Gasteiger partial charge in [-0.15, -0.1) is 0 Å². The van der Waals surface area contributed by atoms with Crippen molar-refractivity contribution in [1.29, 1.82) is 0 Å². The summed E-state index contributed by atoms with van der Waals surface area (Å²) in [5.74, 6) is 0. The fraction of sp³-hybridized carbons (Fsp3) is 0.600. The molecule has 0 saturated carbocycles. The smallest absolute Gasteiger partial charge is 0.0290 e. The van der Waals surface area contributed by atoms with Crippen LogP contribution in [0.4, 0.5) is 0 Å².